The molecule has 0 aliphatic rings. The molecule has 0 aliphatic heterocycles. The summed E-state index contributed by atoms with van der Waals surface area (Å²) in [6.45, 7) is 4.09. The van der Waals surface area contributed by atoms with Gasteiger partial charge in [0.2, 0.25) is 0 Å². The Labute approximate surface area is 164 Å². The number of hydrogen-bond donors (Lipinski definition) is 1. The molecule has 144 valence electrons. The molecule has 0 atom stereocenters. The summed E-state index contributed by atoms with van der Waals surface area (Å²) >= 11 is 0. The van der Waals surface area contributed by atoms with Crippen molar-refractivity contribution in [3.8, 4) is 5.75 Å². The minimum Gasteiger partial charge on any atom is -0.450 e. The van der Waals surface area contributed by atoms with E-state index in [0.29, 0.717) is 17.0 Å². The summed E-state index contributed by atoms with van der Waals surface area (Å²) in [5, 5.41) is 4.28. The molecule has 3 aromatic rings. The van der Waals surface area contributed by atoms with E-state index in [1.807, 2.05) is 42.5 Å². The van der Waals surface area contributed by atoms with Gasteiger partial charge in [-0.2, -0.15) is 0 Å². The predicted octanol–water partition coefficient (Wildman–Crippen LogP) is 5.58. The van der Waals surface area contributed by atoms with Gasteiger partial charge in [0.05, 0.1) is 17.9 Å². The zero-order chi connectivity index (χ0) is 19.9. The quantitative estimate of drug-likeness (QED) is 0.450. The number of aryl methyl sites for hydroxylation is 1. The molecule has 0 saturated carbocycles. The van der Waals surface area contributed by atoms with Crippen LogP contribution >= 0.6 is 0 Å². The zero-order valence-corrected chi connectivity index (χ0v) is 16.0. The molecule has 0 heterocycles. The van der Waals surface area contributed by atoms with Crippen LogP contribution in [0.25, 0.3) is 10.8 Å². The third-order valence-electron chi connectivity index (χ3n) is 4.31. The van der Waals surface area contributed by atoms with E-state index in [2.05, 4.69) is 12.2 Å². The molecule has 0 fully saturated rings. The minimum atomic E-state index is -0.598. The van der Waals surface area contributed by atoms with Crippen LogP contribution in [0, 0.1) is 0 Å². The number of amides is 1. The summed E-state index contributed by atoms with van der Waals surface area (Å²) in [4.78, 5) is 24.6. The van der Waals surface area contributed by atoms with Crippen LogP contribution < -0.4 is 10.1 Å². The topological polar surface area (TPSA) is 64.6 Å². The molecular weight excluding hydrogens is 354 g/mol. The predicted molar refractivity (Wildman–Crippen MR) is 110 cm³/mol. The third-order valence-corrected chi connectivity index (χ3v) is 4.31. The number of carbonyl (C=O) groups excluding carboxylic acids is 2. The first kappa shape index (κ1) is 19.4. The zero-order valence-electron chi connectivity index (χ0n) is 16.0. The summed E-state index contributed by atoms with van der Waals surface area (Å²) < 4.78 is 10.7. The van der Waals surface area contributed by atoms with Gasteiger partial charge in [0, 0.05) is 5.39 Å². The van der Waals surface area contributed by atoms with Gasteiger partial charge in [-0.25, -0.2) is 9.59 Å². The molecule has 0 bridgehead atoms. The Balaban J connectivity index is 1.93. The molecule has 28 heavy (non-hydrogen) atoms. The van der Waals surface area contributed by atoms with E-state index >= 15 is 0 Å². The molecule has 3 aromatic carbocycles. The van der Waals surface area contributed by atoms with Crippen LogP contribution in [0.1, 0.15) is 36.2 Å². The molecule has 3 rings (SSSR count). The molecule has 1 N–H and O–H groups in total. The van der Waals surface area contributed by atoms with Gasteiger partial charge >= 0.3 is 12.1 Å². The minimum absolute atomic E-state index is 0.249. The van der Waals surface area contributed by atoms with Crippen LogP contribution in [0.2, 0.25) is 0 Å². The van der Waals surface area contributed by atoms with Crippen LogP contribution in [0.4, 0.5) is 10.5 Å². The Hall–Kier alpha value is -3.34. The summed E-state index contributed by atoms with van der Waals surface area (Å²) in [6, 6.07) is 18.5. The molecule has 0 aliphatic carbocycles. The maximum atomic E-state index is 12.7. The molecule has 5 nitrogen and oxygen atoms in total. The fraction of sp³-hybridized carbons (Fsp3) is 0.217. The number of carbonyl (C=O) groups is 2. The van der Waals surface area contributed by atoms with Crippen LogP contribution in [0.5, 0.6) is 5.75 Å². The van der Waals surface area contributed by atoms with E-state index in [4.69, 9.17) is 9.47 Å². The SMILES string of the molecule is CCCc1ccc(C(=O)Oc2c(NC(=O)OCC)ccc3ccccc23)cc1. The number of esters is 1. The van der Waals surface area contributed by atoms with Crippen molar-refractivity contribution in [3.05, 3.63) is 71.8 Å². The number of ether oxygens (including phenoxy) is 2. The Kier molecular flexibility index (Phi) is 6.27. The van der Waals surface area contributed by atoms with Gasteiger partial charge < -0.3 is 9.47 Å². The monoisotopic (exact) mass is 377 g/mol. The number of anilines is 1. The second-order valence-electron chi connectivity index (χ2n) is 6.35. The van der Waals surface area contributed by atoms with E-state index in [1.165, 1.54) is 5.56 Å². The maximum absolute atomic E-state index is 12.7. The lowest BCUT2D eigenvalue weighted by molar-refractivity contribution is 0.0737. The van der Waals surface area contributed by atoms with E-state index in [0.717, 1.165) is 23.6 Å². The Morgan fingerprint density at radius 2 is 1.68 bits per heavy atom. The van der Waals surface area contributed by atoms with Crippen molar-refractivity contribution in [1.82, 2.24) is 0 Å². The molecule has 1 amide bonds. The fourth-order valence-electron chi connectivity index (χ4n) is 2.98. The largest absolute Gasteiger partial charge is 0.450 e. The van der Waals surface area contributed by atoms with Crippen LogP contribution in [-0.2, 0) is 11.2 Å². The molecular formula is C23H23NO4. The smallest absolute Gasteiger partial charge is 0.411 e. The highest BCUT2D eigenvalue weighted by molar-refractivity contribution is 6.01. The number of rotatable bonds is 6. The Morgan fingerprint density at radius 3 is 2.39 bits per heavy atom. The normalized spacial score (nSPS) is 10.5. The lowest BCUT2D eigenvalue weighted by Gasteiger charge is -2.14. The van der Waals surface area contributed by atoms with Crippen molar-refractivity contribution >= 4 is 28.5 Å². The Bertz CT molecular complexity index is 980. The first-order valence-corrected chi connectivity index (χ1v) is 9.39. The molecule has 0 radical (unpaired) electrons. The average molecular weight is 377 g/mol. The fourth-order valence-corrected chi connectivity index (χ4v) is 2.98. The average Bonchev–Trinajstić information content (AvgIpc) is 2.70. The Morgan fingerprint density at radius 1 is 0.929 bits per heavy atom. The molecule has 0 spiro atoms. The van der Waals surface area contributed by atoms with Gasteiger partial charge in [-0.05, 0) is 42.5 Å². The van der Waals surface area contributed by atoms with Crippen LogP contribution in [-0.4, -0.2) is 18.7 Å². The van der Waals surface area contributed by atoms with E-state index in [-0.39, 0.29) is 6.61 Å². The highest BCUT2D eigenvalue weighted by Gasteiger charge is 2.17. The van der Waals surface area contributed by atoms with Crippen LogP contribution in [0.15, 0.2) is 60.7 Å². The molecule has 0 unspecified atom stereocenters. The summed E-state index contributed by atoms with van der Waals surface area (Å²) in [6.07, 6.45) is 1.41. The second kappa shape index (κ2) is 9.04. The lowest BCUT2D eigenvalue weighted by atomic mass is 10.1. The van der Waals surface area contributed by atoms with Gasteiger partial charge in [0.25, 0.3) is 0 Å². The van der Waals surface area contributed by atoms with E-state index in [9.17, 15) is 9.59 Å². The van der Waals surface area contributed by atoms with Gasteiger partial charge in [0.1, 0.15) is 0 Å². The number of hydrogen-bond acceptors (Lipinski definition) is 4. The molecule has 0 aromatic heterocycles. The standard InChI is InChI=1S/C23H23NO4/c1-3-7-16-10-12-18(13-11-16)22(25)28-21-19-9-6-5-8-17(19)14-15-20(21)24-23(26)27-4-2/h5-6,8-15H,3-4,7H2,1-2H3,(H,24,26). The summed E-state index contributed by atoms with van der Waals surface area (Å²) in [5.74, 6) is -0.180. The van der Waals surface area contributed by atoms with E-state index < -0.39 is 12.1 Å². The third kappa shape index (κ3) is 4.49. The van der Waals surface area contributed by atoms with Crippen LogP contribution in [0.3, 0.4) is 0 Å². The van der Waals surface area contributed by atoms with Crippen molar-refractivity contribution < 1.29 is 19.1 Å². The second-order valence-corrected chi connectivity index (χ2v) is 6.35. The number of nitrogens with one attached hydrogen (secondary N) is 1. The maximum Gasteiger partial charge on any atom is 0.411 e. The van der Waals surface area contributed by atoms with Crippen molar-refractivity contribution in [2.75, 3.05) is 11.9 Å². The number of benzene rings is 3. The van der Waals surface area contributed by atoms with Crippen molar-refractivity contribution in [2.45, 2.75) is 26.7 Å². The molecule has 0 saturated heterocycles. The van der Waals surface area contributed by atoms with Crippen molar-refractivity contribution in [3.63, 3.8) is 0 Å². The van der Waals surface area contributed by atoms with Gasteiger partial charge in [0.15, 0.2) is 5.75 Å². The first-order chi connectivity index (χ1) is 13.6. The first-order valence-electron chi connectivity index (χ1n) is 9.39. The summed E-state index contributed by atoms with van der Waals surface area (Å²) in [7, 11) is 0. The van der Waals surface area contributed by atoms with E-state index in [1.54, 1.807) is 25.1 Å². The van der Waals surface area contributed by atoms with Gasteiger partial charge in [-0.1, -0.05) is 55.8 Å². The summed E-state index contributed by atoms with van der Waals surface area (Å²) in [5.41, 5.74) is 2.01. The highest BCUT2D eigenvalue weighted by Crippen LogP contribution is 2.34. The lowest BCUT2D eigenvalue weighted by Crippen LogP contribution is -2.16. The highest BCUT2D eigenvalue weighted by atomic mass is 16.6. The van der Waals surface area contributed by atoms with Crippen molar-refractivity contribution in [2.24, 2.45) is 0 Å². The number of fused-ring (bicyclic) bond motifs is 1. The van der Waals surface area contributed by atoms with Gasteiger partial charge in [-0.3, -0.25) is 5.32 Å². The molecule has 5 heteroatoms. The van der Waals surface area contributed by atoms with Crippen molar-refractivity contribution in [1.29, 1.82) is 0 Å². The van der Waals surface area contributed by atoms with Gasteiger partial charge in [-0.15, -0.1) is 0 Å².